The van der Waals surface area contributed by atoms with Gasteiger partial charge < -0.3 is 0 Å². The Labute approximate surface area is 312 Å². The molecule has 8 aromatic carbocycles. The van der Waals surface area contributed by atoms with Gasteiger partial charge in [-0.25, -0.2) is 9.97 Å². The normalized spacial score (nSPS) is 11.4. The number of aromatic nitrogens is 2. The molecule has 0 atom stereocenters. The molecule has 2 nitrogen and oxygen atoms in total. The zero-order valence-electron chi connectivity index (χ0n) is 28.8. The lowest BCUT2D eigenvalue weighted by molar-refractivity contribution is 1.24. The second kappa shape index (κ2) is 13.1. The monoisotopic (exact) mass is 692 g/mol. The average Bonchev–Trinajstić information content (AvgIpc) is 3.63. The fraction of sp³-hybridized carbons (Fsp3) is 0. The van der Waals surface area contributed by atoms with Gasteiger partial charge in [-0.2, -0.15) is 0 Å². The lowest BCUT2D eigenvalue weighted by atomic mass is 9.97. The van der Waals surface area contributed by atoms with E-state index < -0.39 is 0 Å². The third-order valence-corrected chi connectivity index (χ3v) is 11.2. The van der Waals surface area contributed by atoms with Gasteiger partial charge in [-0.15, -0.1) is 11.3 Å². The van der Waals surface area contributed by atoms with Gasteiger partial charge in [0.1, 0.15) is 0 Å². The van der Waals surface area contributed by atoms with Crippen molar-refractivity contribution < 1.29 is 0 Å². The first-order chi connectivity index (χ1) is 26.2. The van der Waals surface area contributed by atoms with Crippen molar-refractivity contribution in [1.82, 2.24) is 9.97 Å². The predicted molar refractivity (Wildman–Crippen MR) is 225 cm³/mol. The summed E-state index contributed by atoms with van der Waals surface area (Å²) in [5, 5.41) is 3.61. The highest BCUT2D eigenvalue weighted by Gasteiger charge is 2.19. The number of fused-ring (bicyclic) bond motifs is 5. The summed E-state index contributed by atoms with van der Waals surface area (Å²) in [6.45, 7) is 0. The Morgan fingerprint density at radius 2 is 0.792 bits per heavy atom. The molecule has 3 heteroatoms. The Morgan fingerprint density at radius 3 is 1.40 bits per heavy atom. The van der Waals surface area contributed by atoms with E-state index in [9.17, 15) is 0 Å². The van der Waals surface area contributed by atoms with Crippen LogP contribution < -0.4 is 0 Å². The zero-order valence-corrected chi connectivity index (χ0v) is 29.6. The summed E-state index contributed by atoms with van der Waals surface area (Å²) < 4.78 is 2.31. The fourth-order valence-corrected chi connectivity index (χ4v) is 8.60. The molecule has 0 aliphatic heterocycles. The van der Waals surface area contributed by atoms with E-state index in [1.807, 2.05) is 0 Å². The third kappa shape index (κ3) is 5.78. The van der Waals surface area contributed by atoms with Crippen LogP contribution in [-0.2, 0) is 0 Å². The van der Waals surface area contributed by atoms with Crippen LogP contribution in [0.4, 0.5) is 0 Å². The summed E-state index contributed by atoms with van der Waals surface area (Å²) in [6.07, 6.45) is 0. The van der Waals surface area contributed by atoms with Gasteiger partial charge in [0.05, 0.1) is 15.9 Å². The molecule has 248 valence electrons. The number of rotatable bonds is 6. The van der Waals surface area contributed by atoms with E-state index >= 15 is 0 Å². The quantitative estimate of drug-likeness (QED) is 0.173. The van der Waals surface area contributed by atoms with E-state index in [2.05, 4.69) is 194 Å². The lowest BCUT2D eigenvalue weighted by Gasteiger charge is -2.11. The van der Waals surface area contributed by atoms with Crippen LogP contribution in [-0.4, -0.2) is 9.97 Å². The molecule has 0 aliphatic rings. The third-order valence-electron chi connectivity index (χ3n) is 10.1. The van der Waals surface area contributed by atoms with Crippen molar-refractivity contribution in [3.05, 3.63) is 194 Å². The molecular weight excluding hydrogens is 661 g/mol. The van der Waals surface area contributed by atoms with Crippen LogP contribution in [0.2, 0.25) is 0 Å². The first kappa shape index (κ1) is 31.1. The molecule has 0 saturated carbocycles. The minimum absolute atomic E-state index is 0.720. The van der Waals surface area contributed by atoms with E-state index in [0.717, 1.165) is 49.6 Å². The Morgan fingerprint density at radius 1 is 0.340 bits per heavy atom. The standard InChI is InChI=1S/C50H32N2S/c1-3-13-33(14-4-1)36-18-9-20-38(29-36)40-22-11-24-42(31-40)47-49-48(46-44-26-8-7-17-35(44)27-28-45(46)53-49)52-50(51-47)43-25-12-23-41(32-43)39-21-10-19-37(30-39)34-15-5-2-6-16-34/h1-32H. The molecule has 2 heterocycles. The van der Waals surface area contributed by atoms with Crippen molar-refractivity contribution in [3.8, 4) is 67.2 Å². The van der Waals surface area contributed by atoms with Gasteiger partial charge in [-0.1, -0.05) is 164 Å². The Bertz CT molecular complexity index is 2950. The van der Waals surface area contributed by atoms with E-state index in [1.54, 1.807) is 11.3 Å². The minimum Gasteiger partial charge on any atom is -0.226 e. The van der Waals surface area contributed by atoms with Crippen molar-refractivity contribution in [2.24, 2.45) is 0 Å². The SMILES string of the molecule is c1ccc(-c2cccc(-c3cccc(-c4nc(-c5cccc(-c6cccc(-c7ccccc7)c6)c5)c5sc6ccc7ccccc7c6c5n4)c3)c2)cc1. The Balaban J connectivity index is 1.15. The molecule has 10 aromatic rings. The van der Waals surface area contributed by atoms with Crippen LogP contribution in [0.15, 0.2) is 194 Å². The van der Waals surface area contributed by atoms with Gasteiger partial charge in [-0.3, -0.25) is 0 Å². The second-order valence-electron chi connectivity index (χ2n) is 13.4. The summed E-state index contributed by atoms with van der Waals surface area (Å²) in [6, 6.07) is 69.2. The summed E-state index contributed by atoms with van der Waals surface area (Å²) >= 11 is 1.78. The van der Waals surface area contributed by atoms with Crippen molar-refractivity contribution in [1.29, 1.82) is 0 Å². The number of nitrogens with zero attached hydrogens (tertiary/aromatic N) is 2. The van der Waals surface area contributed by atoms with E-state index in [-0.39, 0.29) is 0 Å². The molecule has 0 fully saturated rings. The van der Waals surface area contributed by atoms with Gasteiger partial charge >= 0.3 is 0 Å². The Hall–Kier alpha value is -6.68. The van der Waals surface area contributed by atoms with Crippen LogP contribution in [0.1, 0.15) is 0 Å². The van der Waals surface area contributed by atoms with Crippen LogP contribution >= 0.6 is 11.3 Å². The molecule has 0 amide bonds. The number of benzene rings is 8. The Kier molecular flexibility index (Phi) is 7.71. The molecule has 0 spiro atoms. The predicted octanol–water partition coefficient (Wildman–Crippen LogP) is 14.0. The molecule has 0 radical (unpaired) electrons. The molecule has 10 rings (SSSR count). The minimum atomic E-state index is 0.720. The van der Waals surface area contributed by atoms with Crippen molar-refractivity contribution >= 4 is 42.4 Å². The molecule has 2 aromatic heterocycles. The van der Waals surface area contributed by atoms with Gasteiger partial charge in [0, 0.05) is 21.2 Å². The fourth-order valence-electron chi connectivity index (χ4n) is 7.43. The summed E-state index contributed by atoms with van der Waals surface area (Å²) in [7, 11) is 0. The van der Waals surface area contributed by atoms with Crippen molar-refractivity contribution in [2.45, 2.75) is 0 Å². The topological polar surface area (TPSA) is 25.8 Å². The molecule has 0 N–H and O–H groups in total. The number of thiophene rings is 1. The lowest BCUT2D eigenvalue weighted by Crippen LogP contribution is -1.94. The van der Waals surface area contributed by atoms with Crippen LogP contribution in [0.5, 0.6) is 0 Å². The second-order valence-corrected chi connectivity index (χ2v) is 14.4. The van der Waals surface area contributed by atoms with Crippen LogP contribution in [0.3, 0.4) is 0 Å². The van der Waals surface area contributed by atoms with Crippen LogP contribution in [0, 0.1) is 0 Å². The highest BCUT2D eigenvalue weighted by atomic mass is 32.1. The molecule has 53 heavy (non-hydrogen) atoms. The summed E-state index contributed by atoms with van der Waals surface area (Å²) in [5.74, 6) is 0.720. The maximum atomic E-state index is 5.42. The van der Waals surface area contributed by atoms with Crippen molar-refractivity contribution in [3.63, 3.8) is 0 Å². The summed E-state index contributed by atoms with van der Waals surface area (Å²) in [5.41, 5.74) is 13.4. The van der Waals surface area contributed by atoms with E-state index in [4.69, 9.17) is 9.97 Å². The molecule has 0 unspecified atom stereocenters. The molecular formula is C50H32N2S. The van der Waals surface area contributed by atoms with Crippen molar-refractivity contribution in [2.75, 3.05) is 0 Å². The molecule has 0 bridgehead atoms. The highest BCUT2D eigenvalue weighted by molar-refractivity contribution is 7.26. The van der Waals surface area contributed by atoms with E-state index in [0.29, 0.717) is 0 Å². The van der Waals surface area contributed by atoms with Gasteiger partial charge in [0.25, 0.3) is 0 Å². The van der Waals surface area contributed by atoms with Crippen LogP contribution in [0.25, 0.3) is 98.2 Å². The molecule has 0 saturated heterocycles. The van der Waals surface area contributed by atoms with Gasteiger partial charge in [-0.05, 0) is 85.6 Å². The zero-order chi connectivity index (χ0) is 35.1. The number of hydrogen-bond acceptors (Lipinski definition) is 3. The van der Waals surface area contributed by atoms with E-state index in [1.165, 1.54) is 48.7 Å². The first-order valence-electron chi connectivity index (χ1n) is 17.9. The summed E-state index contributed by atoms with van der Waals surface area (Å²) in [4.78, 5) is 10.8. The van der Waals surface area contributed by atoms with Gasteiger partial charge in [0.2, 0.25) is 0 Å². The first-order valence-corrected chi connectivity index (χ1v) is 18.7. The maximum absolute atomic E-state index is 5.42. The smallest absolute Gasteiger partial charge is 0.160 e. The number of hydrogen-bond donors (Lipinski definition) is 0. The molecule has 0 aliphatic carbocycles. The average molecular weight is 693 g/mol. The largest absolute Gasteiger partial charge is 0.226 e. The van der Waals surface area contributed by atoms with Gasteiger partial charge in [0.15, 0.2) is 5.82 Å². The highest BCUT2D eigenvalue weighted by Crippen LogP contribution is 2.43. The maximum Gasteiger partial charge on any atom is 0.160 e.